The molecule has 3 rings (SSSR count). The van der Waals surface area contributed by atoms with E-state index in [0.29, 0.717) is 17.9 Å². The van der Waals surface area contributed by atoms with Crippen molar-refractivity contribution in [2.75, 3.05) is 7.11 Å². The Morgan fingerprint density at radius 3 is 2.48 bits per heavy atom. The lowest BCUT2D eigenvalue weighted by molar-refractivity contribution is 0.0955. The maximum atomic E-state index is 12.1. The molecule has 0 aromatic heterocycles. The third-order valence-corrected chi connectivity index (χ3v) is 3.84. The number of benzene rings is 3. The van der Waals surface area contributed by atoms with Gasteiger partial charge < -0.3 is 9.47 Å². The Balaban J connectivity index is 1.55. The van der Waals surface area contributed by atoms with Crippen LogP contribution in [0.3, 0.4) is 0 Å². The second kappa shape index (κ2) is 9.20. The van der Waals surface area contributed by atoms with Crippen LogP contribution in [-0.2, 0) is 6.61 Å². The lowest BCUT2D eigenvalue weighted by Gasteiger charge is -2.06. The maximum Gasteiger partial charge on any atom is 0.271 e. The van der Waals surface area contributed by atoms with Crippen LogP contribution >= 0.6 is 0 Å². The van der Waals surface area contributed by atoms with Crippen LogP contribution in [-0.4, -0.2) is 19.2 Å². The van der Waals surface area contributed by atoms with Gasteiger partial charge in [0.05, 0.1) is 13.3 Å². The number of hydrogen-bond donors (Lipinski definition) is 1. The van der Waals surface area contributed by atoms with Crippen molar-refractivity contribution in [1.29, 1.82) is 0 Å². The van der Waals surface area contributed by atoms with Crippen LogP contribution < -0.4 is 14.9 Å². The van der Waals surface area contributed by atoms with Crippen LogP contribution in [0.25, 0.3) is 0 Å². The Hall–Kier alpha value is -3.60. The summed E-state index contributed by atoms with van der Waals surface area (Å²) >= 11 is 0. The molecule has 1 amide bonds. The average molecular weight is 360 g/mol. The van der Waals surface area contributed by atoms with Crippen LogP contribution in [0.1, 0.15) is 21.5 Å². The molecule has 0 aliphatic rings. The molecule has 0 atom stereocenters. The van der Waals surface area contributed by atoms with Gasteiger partial charge in [0.1, 0.15) is 18.1 Å². The van der Waals surface area contributed by atoms with Crippen molar-refractivity contribution in [3.05, 3.63) is 95.6 Å². The fourth-order valence-electron chi connectivity index (χ4n) is 2.40. The zero-order chi connectivity index (χ0) is 18.9. The molecule has 0 unspecified atom stereocenters. The Labute approximate surface area is 158 Å². The molecule has 0 spiro atoms. The fourth-order valence-corrected chi connectivity index (χ4v) is 2.40. The first kappa shape index (κ1) is 18.2. The lowest BCUT2D eigenvalue weighted by atomic mass is 10.2. The number of rotatable bonds is 7. The zero-order valence-corrected chi connectivity index (χ0v) is 15.0. The molecule has 0 saturated carbocycles. The monoisotopic (exact) mass is 360 g/mol. The molecule has 0 saturated heterocycles. The van der Waals surface area contributed by atoms with Crippen molar-refractivity contribution in [1.82, 2.24) is 5.43 Å². The largest absolute Gasteiger partial charge is 0.497 e. The van der Waals surface area contributed by atoms with Crippen LogP contribution in [0.2, 0.25) is 0 Å². The summed E-state index contributed by atoms with van der Waals surface area (Å²) < 4.78 is 10.9. The molecule has 0 aliphatic heterocycles. The Morgan fingerprint density at radius 1 is 0.963 bits per heavy atom. The van der Waals surface area contributed by atoms with Gasteiger partial charge in [-0.2, -0.15) is 5.10 Å². The number of ether oxygens (including phenoxy) is 2. The molecule has 0 radical (unpaired) electrons. The number of hydrazone groups is 1. The molecule has 0 fully saturated rings. The normalized spacial score (nSPS) is 10.6. The van der Waals surface area contributed by atoms with E-state index in [2.05, 4.69) is 10.5 Å². The number of nitrogens with one attached hydrogen (secondary N) is 1. The minimum atomic E-state index is -0.287. The summed E-state index contributed by atoms with van der Waals surface area (Å²) in [4.78, 5) is 12.1. The van der Waals surface area contributed by atoms with Crippen LogP contribution in [0.4, 0.5) is 0 Å². The van der Waals surface area contributed by atoms with E-state index in [1.54, 1.807) is 37.6 Å². The van der Waals surface area contributed by atoms with E-state index < -0.39 is 0 Å². The van der Waals surface area contributed by atoms with Gasteiger partial charge in [0.2, 0.25) is 0 Å². The van der Waals surface area contributed by atoms with Crippen molar-refractivity contribution in [3.8, 4) is 11.5 Å². The summed E-state index contributed by atoms with van der Waals surface area (Å²) in [5.74, 6) is 1.15. The van der Waals surface area contributed by atoms with Crippen LogP contribution in [0.5, 0.6) is 11.5 Å². The molecule has 136 valence electrons. The highest BCUT2D eigenvalue weighted by atomic mass is 16.5. The van der Waals surface area contributed by atoms with Gasteiger partial charge in [0.15, 0.2) is 0 Å². The molecule has 5 nitrogen and oxygen atoms in total. The minimum absolute atomic E-state index is 0.287. The molecular formula is C22H20N2O3. The highest BCUT2D eigenvalue weighted by Crippen LogP contribution is 2.14. The van der Waals surface area contributed by atoms with E-state index in [-0.39, 0.29) is 5.91 Å². The second-order valence-corrected chi connectivity index (χ2v) is 5.77. The van der Waals surface area contributed by atoms with Gasteiger partial charge in [-0.05, 0) is 47.5 Å². The first-order valence-corrected chi connectivity index (χ1v) is 8.49. The molecule has 0 heterocycles. The van der Waals surface area contributed by atoms with Gasteiger partial charge in [-0.15, -0.1) is 0 Å². The number of amides is 1. The van der Waals surface area contributed by atoms with Gasteiger partial charge in [-0.25, -0.2) is 5.43 Å². The quantitative estimate of drug-likeness (QED) is 0.511. The third kappa shape index (κ3) is 5.44. The molecule has 3 aromatic rings. The second-order valence-electron chi connectivity index (χ2n) is 5.77. The third-order valence-electron chi connectivity index (χ3n) is 3.84. The molecule has 27 heavy (non-hydrogen) atoms. The summed E-state index contributed by atoms with van der Waals surface area (Å²) in [6.45, 7) is 0.496. The van der Waals surface area contributed by atoms with Crippen LogP contribution in [0.15, 0.2) is 84.0 Å². The summed E-state index contributed by atoms with van der Waals surface area (Å²) in [5, 5.41) is 4.01. The molecule has 0 aliphatic carbocycles. The first-order chi connectivity index (χ1) is 13.2. The highest BCUT2D eigenvalue weighted by Gasteiger charge is 2.04. The Morgan fingerprint density at radius 2 is 1.74 bits per heavy atom. The van der Waals surface area contributed by atoms with E-state index in [1.165, 1.54) is 0 Å². The Kier molecular flexibility index (Phi) is 6.20. The predicted octanol–water partition coefficient (Wildman–Crippen LogP) is 4.04. The summed E-state index contributed by atoms with van der Waals surface area (Å²) in [6, 6.07) is 24.3. The molecule has 3 aromatic carbocycles. The van der Waals surface area contributed by atoms with Gasteiger partial charge in [0.25, 0.3) is 5.91 Å². The topological polar surface area (TPSA) is 59.9 Å². The SMILES string of the molecule is COc1ccc(C(=O)N/N=C\c2cccc(OCc3ccccc3)c2)cc1. The summed E-state index contributed by atoms with van der Waals surface area (Å²) in [6.07, 6.45) is 1.58. The van der Waals surface area contributed by atoms with Crippen molar-refractivity contribution in [3.63, 3.8) is 0 Å². The number of nitrogens with zero attached hydrogens (tertiary/aromatic N) is 1. The minimum Gasteiger partial charge on any atom is -0.497 e. The predicted molar refractivity (Wildman–Crippen MR) is 105 cm³/mol. The van der Waals surface area contributed by atoms with E-state index in [9.17, 15) is 4.79 Å². The van der Waals surface area contributed by atoms with E-state index >= 15 is 0 Å². The molecule has 5 heteroatoms. The Bertz CT molecular complexity index is 906. The van der Waals surface area contributed by atoms with Gasteiger partial charge in [-0.1, -0.05) is 42.5 Å². The summed E-state index contributed by atoms with van der Waals surface area (Å²) in [7, 11) is 1.58. The van der Waals surface area contributed by atoms with E-state index in [1.807, 2.05) is 54.6 Å². The van der Waals surface area contributed by atoms with Gasteiger partial charge in [0, 0.05) is 5.56 Å². The van der Waals surface area contributed by atoms with Crippen molar-refractivity contribution < 1.29 is 14.3 Å². The van der Waals surface area contributed by atoms with Crippen molar-refractivity contribution >= 4 is 12.1 Å². The lowest BCUT2D eigenvalue weighted by Crippen LogP contribution is -2.17. The summed E-state index contributed by atoms with van der Waals surface area (Å²) in [5.41, 5.74) is 4.95. The molecule has 0 bridgehead atoms. The average Bonchev–Trinajstić information content (AvgIpc) is 2.73. The first-order valence-electron chi connectivity index (χ1n) is 8.49. The standard InChI is InChI=1S/C22H20N2O3/c1-26-20-12-10-19(11-13-20)22(25)24-23-15-18-8-5-9-21(14-18)27-16-17-6-3-2-4-7-17/h2-15H,16H2,1H3,(H,24,25)/b23-15-. The number of hydrogen-bond acceptors (Lipinski definition) is 4. The van der Waals surface area contributed by atoms with E-state index in [4.69, 9.17) is 9.47 Å². The van der Waals surface area contributed by atoms with Crippen LogP contribution in [0, 0.1) is 0 Å². The van der Waals surface area contributed by atoms with Crippen molar-refractivity contribution in [2.24, 2.45) is 5.10 Å². The highest BCUT2D eigenvalue weighted by molar-refractivity contribution is 5.95. The van der Waals surface area contributed by atoms with Gasteiger partial charge in [-0.3, -0.25) is 4.79 Å². The van der Waals surface area contributed by atoms with Gasteiger partial charge >= 0.3 is 0 Å². The molecule has 1 N–H and O–H groups in total. The van der Waals surface area contributed by atoms with E-state index in [0.717, 1.165) is 16.9 Å². The fraction of sp³-hybridized carbons (Fsp3) is 0.0909. The zero-order valence-electron chi connectivity index (χ0n) is 15.0. The number of carbonyl (C=O) groups excluding carboxylic acids is 1. The maximum absolute atomic E-state index is 12.1. The molecular weight excluding hydrogens is 340 g/mol. The number of carbonyl (C=O) groups is 1. The number of methoxy groups -OCH3 is 1. The smallest absolute Gasteiger partial charge is 0.271 e. The van der Waals surface area contributed by atoms with Crippen molar-refractivity contribution in [2.45, 2.75) is 6.61 Å².